The lowest BCUT2D eigenvalue weighted by Crippen LogP contribution is -2.43. The van der Waals surface area contributed by atoms with Gasteiger partial charge in [0.1, 0.15) is 12.6 Å². The number of ketones is 1. The summed E-state index contributed by atoms with van der Waals surface area (Å²) in [6, 6.07) is -0.185. The van der Waals surface area contributed by atoms with Crippen LogP contribution >= 0.6 is 0 Å². The number of aliphatic hydroxyl groups is 1. The lowest BCUT2D eigenvalue weighted by Gasteiger charge is -2.28. The van der Waals surface area contributed by atoms with E-state index in [1.807, 2.05) is 27.8 Å². The van der Waals surface area contributed by atoms with E-state index in [0.717, 1.165) is 45.0 Å². The van der Waals surface area contributed by atoms with E-state index >= 15 is 0 Å². The van der Waals surface area contributed by atoms with Gasteiger partial charge in [-0.05, 0) is 64.2 Å². The topological polar surface area (TPSA) is 142 Å². The number of Topliss-reactive ketones (excluding diaryl/α,β-unsaturated/α-hetero) is 1. The summed E-state index contributed by atoms with van der Waals surface area (Å²) >= 11 is 0. The SMILES string of the molecule is CC(C)C.CN1CCCC1C=O.CNC(C=O)C(C)(C)C.CNC(CC1CCC1)C(=O)C(N)=O.CO. The average molecular weight is 517 g/mol. The van der Waals surface area contributed by atoms with Crippen LogP contribution in [0.25, 0.3) is 0 Å². The number of primary amides is 1. The first-order valence-corrected chi connectivity index (χ1v) is 13.0. The average Bonchev–Trinajstić information content (AvgIpc) is 3.19. The molecule has 0 aromatic rings. The number of hydrogen-bond donors (Lipinski definition) is 4. The Morgan fingerprint density at radius 1 is 1.03 bits per heavy atom. The molecule has 9 heteroatoms. The number of rotatable bonds is 8. The van der Waals surface area contributed by atoms with Crippen LogP contribution in [0.4, 0.5) is 0 Å². The summed E-state index contributed by atoms with van der Waals surface area (Å²) in [5.41, 5.74) is 4.96. The summed E-state index contributed by atoms with van der Waals surface area (Å²) in [6.45, 7) is 13.7. The third-order valence-electron chi connectivity index (χ3n) is 5.82. The van der Waals surface area contributed by atoms with Gasteiger partial charge in [0, 0.05) is 7.11 Å². The minimum Gasteiger partial charge on any atom is -0.400 e. The zero-order valence-electron chi connectivity index (χ0n) is 24.6. The number of likely N-dealkylation sites (tertiary alicyclic amines) is 1. The quantitative estimate of drug-likeness (QED) is 0.284. The predicted molar refractivity (Wildman–Crippen MR) is 148 cm³/mol. The van der Waals surface area contributed by atoms with Crippen LogP contribution in [0, 0.1) is 17.3 Å². The molecule has 5 N–H and O–H groups in total. The number of carbonyl (C=O) groups is 4. The molecule has 0 radical (unpaired) electrons. The Kier molecular flexibility index (Phi) is 24.3. The molecule has 0 bridgehead atoms. The number of nitrogens with two attached hydrogens (primary N) is 1. The molecular weight excluding hydrogens is 460 g/mol. The molecular formula is C27H56N4O5. The third-order valence-corrected chi connectivity index (χ3v) is 5.82. The van der Waals surface area contributed by atoms with E-state index in [9.17, 15) is 19.2 Å². The first kappa shape index (κ1) is 38.8. The minimum absolute atomic E-state index is 0.0301. The summed E-state index contributed by atoms with van der Waals surface area (Å²) in [7, 11) is 6.47. The molecule has 0 aromatic heterocycles. The van der Waals surface area contributed by atoms with Gasteiger partial charge in [-0.25, -0.2) is 0 Å². The molecule has 0 spiro atoms. The van der Waals surface area contributed by atoms with Crippen LogP contribution in [0.15, 0.2) is 0 Å². The van der Waals surface area contributed by atoms with E-state index in [1.165, 1.54) is 25.7 Å². The zero-order chi connectivity index (χ0) is 28.9. The fraction of sp³-hybridized carbons (Fsp3) is 0.852. The van der Waals surface area contributed by atoms with Gasteiger partial charge in [0.15, 0.2) is 0 Å². The molecule has 1 heterocycles. The van der Waals surface area contributed by atoms with Crippen LogP contribution in [0.3, 0.4) is 0 Å². The number of amides is 1. The summed E-state index contributed by atoms with van der Waals surface area (Å²) in [6.07, 6.45) is 8.55. The maximum Gasteiger partial charge on any atom is 0.286 e. The van der Waals surface area contributed by atoms with Crippen LogP contribution in [-0.4, -0.2) is 87.2 Å². The first-order chi connectivity index (χ1) is 16.7. The highest BCUT2D eigenvalue weighted by Gasteiger charge is 2.27. The number of likely N-dealkylation sites (N-methyl/N-ethyl adjacent to an activating group) is 3. The Labute approximate surface area is 220 Å². The molecule has 0 aromatic carbocycles. The van der Waals surface area contributed by atoms with Crippen molar-refractivity contribution in [1.29, 1.82) is 0 Å². The van der Waals surface area contributed by atoms with Crippen molar-refractivity contribution in [2.45, 2.75) is 98.2 Å². The standard InChI is InChI=1S/C9H16N2O2.C7H15NO.C6H11NO.C4H10.CH4O/c1-11-7(8(12)9(10)13)5-6-3-2-4-6;1-7(2,3)6(5-9)8-4;1-7-4-2-3-6(7)5-8;1-4(2)3;1-2/h6-7,11H,2-5H2,1H3,(H2,10,13);5-6,8H,1-4H3;5-6H,2-4H2,1H3;4H,1-3H3;2H,1H3. The number of nitrogens with zero attached hydrogens (tertiary/aromatic N) is 1. The van der Waals surface area contributed by atoms with Crippen molar-refractivity contribution in [3.8, 4) is 0 Å². The Bertz CT molecular complexity index is 586. The van der Waals surface area contributed by atoms with Gasteiger partial charge in [0.2, 0.25) is 5.78 Å². The molecule has 3 atom stereocenters. The van der Waals surface area contributed by atoms with E-state index in [4.69, 9.17) is 10.8 Å². The molecule has 3 unspecified atom stereocenters. The Hall–Kier alpha value is -1.68. The molecule has 214 valence electrons. The van der Waals surface area contributed by atoms with Gasteiger partial charge in [-0.3, -0.25) is 14.5 Å². The van der Waals surface area contributed by atoms with Crippen molar-refractivity contribution in [3.63, 3.8) is 0 Å². The molecule has 1 saturated heterocycles. The lowest BCUT2D eigenvalue weighted by atomic mass is 9.80. The van der Waals surface area contributed by atoms with Gasteiger partial charge in [0.05, 0.1) is 18.1 Å². The predicted octanol–water partition coefficient (Wildman–Crippen LogP) is 2.19. The smallest absolute Gasteiger partial charge is 0.286 e. The van der Waals surface area contributed by atoms with Crippen LogP contribution < -0.4 is 16.4 Å². The van der Waals surface area contributed by atoms with Crippen molar-refractivity contribution >= 4 is 24.3 Å². The van der Waals surface area contributed by atoms with E-state index < -0.39 is 11.7 Å². The molecule has 1 aliphatic carbocycles. The number of aldehydes is 2. The summed E-state index contributed by atoms with van der Waals surface area (Å²) < 4.78 is 0. The van der Waals surface area contributed by atoms with Crippen LogP contribution in [0.5, 0.6) is 0 Å². The normalized spacial score (nSPS) is 18.7. The molecule has 36 heavy (non-hydrogen) atoms. The maximum absolute atomic E-state index is 11.2. The van der Waals surface area contributed by atoms with Crippen molar-refractivity contribution in [2.24, 2.45) is 23.0 Å². The lowest BCUT2D eigenvalue weighted by molar-refractivity contribution is -0.137. The van der Waals surface area contributed by atoms with E-state index in [2.05, 4.69) is 36.3 Å². The van der Waals surface area contributed by atoms with Gasteiger partial charge in [0.25, 0.3) is 5.91 Å². The molecule has 2 aliphatic rings. The molecule has 1 amide bonds. The number of nitrogens with one attached hydrogen (secondary N) is 2. The van der Waals surface area contributed by atoms with E-state index in [1.54, 1.807) is 14.1 Å². The van der Waals surface area contributed by atoms with Crippen molar-refractivity contribution in [3.05, 3.63) is 0 Å². The molecule has 2 rings (SSSR count). The number of aliphatic hydroxyl groups excluding tert-OH is 1. The van der Waals surface area contributed by atoms with Gasteiger partial charge in [-0.1, -0.05) is 60.8 Å². The highest BCUT2D eigenvalue weighted by atomic mass is 16.2. The van der Waals surface area contributed by atoms with Crippen molar-refractivity contribution < 1.29 is 24.3 Å². The molecule has 1 saturated carbocycles. The van der Waals surface area contributed by atoms with Gasteiger partial charge < -0.3 is 31.1 Å². The second kappa shape index (κ2) is 22.5. The Morgan fingerprint density at radius 3 is 1.69 bits per heavy atom. The highest BCUT2D eigenvalue weighted by molar-refractivity contribution is 6.37. The molecule has 1 aliphatic heterocycles. The van der Waals surface area contributed by atoms with Gasteiger partial charge >= 0.3 is 0 Å². The van der Waals surface area contributed by atoms with Crippen molar-refractivity contribution in [1.82, 2.24) is 15.5 Å². The van der Waals surface area contributed by atoms with Crippen molar-refractivity contribution in [2.75, 3.05) is 34.8 Å². The van der Waals surface area contributed by atoms with Crippen LogP contribution in [-0.2, 0) is 19.2 Å². The second-order valence-corrected chi connectivity index (χ2v) is 10.9. The Balaban J connectivity index is -0.000000419. The number of hydrogen-bond acceptors (Lipinski definition) is 8. The minimum atomic E-state index is -0.835. The summed E-state index contributed by atoms with van der Waals surface area (Å²) in [5.74, 6) is 0.105. The van der Waals surface area contributed by atoms with Crippen LogP contribution in [0.2, 0.25) is 0 Å². The monoisotopic (exact) mass is 516 g/mol. The first-order valence-electron chi connectivity index (χ1n) is 13.0. The maximum atomic E-state index is 11.2. The van der Waals surface area contributed by atoms with Gasteiger partial charge in [-0.2, -0.15) is 0 Å². The second-order valence-electron chi connectivity index (χ2n) is 10.9. The Morgan fingerprint density at radius 2 is 1.53 bits per heavy atom. The van der Waals surface area contributed by atoms with Crippen LogP contribution in [0.1, 0.15) is 80.1 Å². The molecule has 9 nitrogen and oxygen atoms in total. The fourth-order valence-corrected chi connectivity index (χ4v) is 3.40. The van der Waals surface area contributed by atoms with E-state index in [-0.39, 0.29) is 23.5 Å². The molecule has 2 fully saturated rings. The number of carbonyl (C=O) groups excluding carboxylic acids is 4. The van der Waals surface area contributed by atoms with Gasteiger partial charge in [-0.15, -0.1) is 0 Å². The zero-order valence-corrected chi connectivity index (χ0v) is 24.6. The summed E-state index contributed by atoms with van der Waals surface area (Å²) in [4.78, 5) is 44.4. The highest BCUT2D eigenvalue weighted by Crippen LogP contribution is 2.30. The third kappa shape index (κ3) is 19.5. The van der Waals surface area contributed by atoms with E-state index in [0.29, 0.717) is 5.92 Å². The largest absolute Gasteiger partial charge is 0.400 e. The fourth-order valence-electron chi connectivity index (χ4n) is 3.40. The summed E-state index contributed by atoms with van der Waals surface area (Å²) in [5, 5.41) is 12.8.